The summed E-state index contributed by atoms with van der Waals surface area (Å²) in [7, 11) is -3.97. The molecule has 1 heterocycles. The normalized spacial score (nSPS) is 15.6. The number of hydrogen-bond acceptors (Lipinski definition) is 4. The van der Waals surface area contributed by atoms with Gasteiger partial charge in [0.25, 0.3) is 15.2 Å². The van der Waals surface area contributed by atoms with Gasteiger partial charge in [0, 0.05) is 16.1 Å². The Labute approximate surface area is 123 Å². The molecule has 1 saturated carbocycles. The molecule has 1 fully saturated rings. The number of rotatable bonds is 3. The topological polar surface area (TPSA) is 90.9 Å². The summed E-state index contributed by atoms with van der Waals surface area (Å²) in [6.07, 6.45) is 1.64. The summed E-state index contributed by atoms with van der Waals surface area (Å²) >= 11 is 3.30. The second-order valence-electron chi connectivity index (χ2n) is 4.58. The van der Waals surface area contributed by atoms with Crippen LogP contribution in [-0.4, -0.2) is 23.2 Å². The largest absolute Gasteiger partial charge is 0.294 e. The Morgan fingerprint density at radius 2 is 2.05 bits per heavy atom. The van der Waals surface area contributed by atoms with Crippen LogP contribution in [0.3, 0.4) is 0 Å². The van der Waals surface area contributed by atoms with E-state index in [0.717, 1.165) is 12.8 Å². The van der Waals surface area contributed by atoms with Crippen molar-refractivity contribution < 1.29 is 12.8 Å². The number of aromatic nitrogens is 3. The van der Waals surface area contributed by atoms with Crippen LogP contribution in [0, 0.1) is 5.82 Å². The van der Waals surface area contributed by atoms with E-state index in [2.05, 4.69) is 26.1 Å². The van der Waals surface area contributed by atoms with E-state index in [-0.39, 0.29) is 11.2 Å². The second-order valence-corrected chi connectivity index (χ2v) is 6.89. The zero-order valence-corrected chi connectivity index (χ0v) is 12.5. The number of primary sulfonamides is 1. The summed E-state index contributed by atoms with van der Waals surface area (Å²) < 4.78 is 38.6. The average Bonchev–Trinajstić information content (AvgIpc) is 3.09. The first-order chi connectivity index (χ1) is 9.38. The van der Waals surface area contributed by atoms with Crippen LogP contribution in [0.1, 0.15) is 18.9 Å². The molecule has 1 aromatic carbocycles. The smallest absolute Gasteiger partial charge is 0.273 e. The van der Waals surface area contributed by atoms with E-state index in [1.54, 1.807) is 0 Å². The van der Waals surface area contributed by atoms with Gasteiger partial charge in [-0.3, -0.25) is 4.57 Å². The summed E-state index contributed by atoms with van der Waals surface area (Å²) in [6, 6.07) is 4.10. The highest BCUT2D eigenvalue weighted by molar-refractivity contribution is 9.10. The van der Waals surface area contributed by atoms with Crippen LogP contribution in [0.4, 0.5) is 4.39 Å². The van der Waals surface area contributed by atoms with E-state index >= 15 is 0 Å². The molecule has 0 spiro atoms. The maximum atomic E-state index is 13.4. The zero-order valence-electron chi connectivity index (χ0n) is 10.1. The van der Waals surface area contributed by atoms with Crippen molar-refractivity contribution in [1.29, 1.82) is 0 Å². The molecule has 9 heteroatoms. The lowest BCUT2D eigenvalue weighted by Crippen LogP contribution is -2.18. The first-order valence-corrected chi connectivity index (χ1v) is 8.15. The Bertz CT molecular complexity index is 786. The van der Waals surface area contributed by atoms with Gasteiger partial charge in [-0.2, -0.15) is 0 Å². The van der Waals surface area contributed by atoms with Crippen LogP contribution < -0.4 is 5.14 Å². The Kier molecular flexibility index (Phi) is 3.14. The molecular weight excluding hydrogens is 351 g/mol. The molecule has 1 aromatic heterocycles. The summed E-state index contributed by atoms with van der Waals surface area (Å²) in [5.74, 6) is -0.145. The minimum atomic E-state index is -3.97. The van der Waals surface area contributed by atoms with Gasteiger partial charge in [0.15, 0.2) is 5.82 Å². The van der Waals surface area contributed by atoms with Crippen LogP contribution in [0.25, 0.3) is 11.4 Å². The molecule has 1 aliphatic rings. The van der Waals surface area contributed by atoms with Crippen molar-refractivity contribution in [2.45, 2.75) is 24.0 Å². The summed E-state index contributed by atoms with van der Waals surface area (Å²) in [4.78, 5) is 0. The van der Waals surface area contributed by atoms with Gasteiger partial charge in [0.2, 0.25) is 0 Å². The van der Waals surface area contributed by atoms with Crippen molar-refractivity contribution in [3.63, 3.8) is 0 Å². The molecule has 2 N–H and O–H groups in total. The first kappa shape index (κ1) is 13.7. The lowest BCUT2D eigenvalue weighted by molar-refractivity contribution is 0.567. The summed E-state index contributed by atoms with van der Waals surface area (Å²) in [6.45, 7) is 0. The molecule has 1 aliphatic carbocycles. The minimum absolute atomic E-state index is 0.0107. The van der Waals surface area contributed by atoms with E-state index in [4.69, 9.17) is 5.14 Å². The van der Waals surface area contributed by atoms with E-state index in [0.29, 0.717) is 15.9 Å². The number of halogens is 2. The van der Waals surface area contributed by atoms with E-state index < -0.39 is 15.8 Å². The van der Waals surface area contributed by atoms with Crippen LogP contribution in [0.5, 0.6) is 0 Å². The van der Waals surface area contributed by atoms with Crippen molar-refractivity contribution in [1.82, 2.24) is 14.8 Å². The van der Waals surface area contributed by atoms with Gasteiger partial charge in [0.1, 0.15) is 5.82 Å². The highest BCUT2D eigenvalue weighted by Gasteiger charge is 2.34. The highest BCUT2D eigenvalue weighted by atomic mass is 79.9. The number of nitrogens with zero attached hydrogens (tertiary/aromatic N) is 3. The SMILES string of the molecule is NS(=O)(=O)c1nnc(-c2cc(F)ccc2Br)n1C1CC1. The van der Waals surface area contributed by atoms with Crippen LogP contribution in [-0.2, 0) is 10.0 Å². The maximum Gasteiger partial charge on any atom is 0.273 e. The van der Waals surface area contributed by atoms with Gasteiger partial charge >= 0.3 is 0 Å². The fraction of sp³-hybridized carbons (Fsp3) is 0.273. The van der Waals surface area contributed by atoms with Crippen molar-refractivity contribution in [3.05, 3.63) is 28.5 Å². The molecule has 106 valence electrons. The van der Waals surface area contributed by atoms with Crippen LogP contribution in [0.2, 0.25) is 0 Å². The molecule has 0 atom stereocenters. The van der Waals surface area contributed by atoms with Crippen LogP contribution >= 0.6 is 15.9 Å². The van der Waals surface area contributed by atoms with E-state index in [1.807, 2.05) is 0 Å². The standard InChI is InChI=1S/C11H10BrFN4O2S/c12-9-4-1-6(13)5-8(9)10-15-16-11(20(14,18)19)17(10)7-2-3-7/h1,4-5,7H,2-3H2,(H2,14,18,19). The lowest BCUT2D eigenvalue weighted by Gasteiger charge is -2.09. The second kappa shape index (κ2) is 4.61. The number of benzene rings is 1. The predicted octanol–water partition coefficient (Wildman–Crippen LogP) is 1.83. The third-order valence-corrected chi connectivity index (χ3v) is 4.48. The molecule has 0 amide bonds. The molecule has 2 aromatic rings. The van der Waals surface area contributed by atoms with Gasteiger partial charge in [-0.25, -0.2) is 17.9 Å². The summed E-state index contributed by atoms with van der Waals surface area (Å²) in [5, 5.41) is 12.4. The highest BCUT2D eigenvalue weighted by Crippen LogP contribution is 2.41. The fourth-order valence-corrected chi connectivity index (χ4v) is 3.07. The number of nitrogens with two attached hydrogens (primary N) is 1. The molecule has 0 aliphatic heterocycles. The van der Waals surface area contributed by atoms with Gasteiger partial charge in [0.05, 0.1) is 0 Å². The molecule has 0 unspecified atom stereocenters. The monoisotopic (exact) mass is 360 g/mol. The zero-order chi connectivity index (χ0) is 14.5. The van der Waals surface area contributed by atoms with Crippen molar-refractivity contribution in [2.75, 3.05) is 0 Å². The number of hydrogen-bond donors (Lipinski definition) is 1. The summed E-state index contributed by atoms with van der Waals surface area (Å²) in [5.41, 5.74) is 0.444. The van der Waals surface area contributed by atoms with Gasteiger partial charge in [-0.05, 0) is 31.0 Å². The van der Waals surface area contributed by atoms with Gasteiger partial charge in [-0.1, -0.05) is 15.9 Å². The Balaban J connectivity index is 2.25. The van der Waals surface area contributed by atoms with E-state index in [9.17, 15) is 12.8 Å². The van der Waals surface area contributed by atoms with Crippen molar-refractivity contribution >= 4 is 26.0 Å². The fourth-order valence-electron chi connectivity index (χ4n) is 1.99. The third kappa shape index (κ3) is 2.36. The molecule has 0 bridgehead atoms. The molecular formula is C11H10BrFN4O2S. The van der Waals surface area contributed by atoms with Gasteiger partial charge < -0.3 is 0 Å². The van der Waals surface area contributed by atoms with Crippen molar-refractivity contribution in [2.24, 2.45) is 5.14 Å². The molecule has 0 radical (unpaired) electrons. The number of sulfonamides is 1. The Hall–Kier alpha value is -1.32. The van der Waals surface area contributed by atoms with Crippen molar-refractivity contribution in [3.8, 4) is 11.4 Å². The molecule has 6 nitrogen and oxygen atoms in total. The maximum absolute atomic E-state index is 13.4. The third-order valence-electron chi connectivity index (χ3n) is 3.00. The average molecular weight is 361 g/mol. The van der Waals surface area contributed by atoms with Crippen LogP contribution in [0.15, 0.2) is 27.8 Å². The van der Waals surface area contributed by atoms with E-state index in [1.165, 1.54) is 22.8 Å². The molecule has 3 rings (SSSR count). The predicted molar refractivity (Wildman–Crippen MR) is 72.8 cm³/mol. The lowest BCUT2D eigenvalue weighted by atomic mass is 10.2. The minimum Gasteiger partial charge on any atom is -0.294 e. The molecule has 0 saturated heterocycles. The molecule has 20 heavy (non-hydrogen) atoms. The quantitative estimate of drug-likeness (QED) is 0.903. The Morgan fingerprint density at radius 3 is 2.65 bits per heavy atom. The first-order valence-electron chi connectivity index (χ1n) is 5.81. The van der Waals surface area contributed by atoms with Gasteiger partial charge in [-0.15, -0.1) is 10.2 Å². The Morgan fingerprint density at radius 1 is 1.35 bits per heavy atom.